The third kappa shape index (κ3) is 4.45. The number of hydrogen-bond acceptors (Lipinski definition) is 4. The van der Waals surface area contributed by atoms with Crippen LogP contribution < -0.4 is 5.32 Å². The molecule has 2 aromatic heterocycles. The summed E-state index contributed by atoms with van der Waals surface area (Å²) in [6.45, 7) is 0.339. The van der Waals surface area contributed by atoms with Crippen molar-refractivity contribution < 1.29 is 18.0 Å². The van der Waals surface area contributed by atoms with Gasteiger partial charge in [-0.1, -0.05) is 6.07 Å². The summed E-state index contributed by atoms with van der Waals surface area (Å²) in [4.78, 5) is 20.7. The van der Waals surface area contributed by atoms with E-state index in [-0.39, 0.29) is 5.56 Å². The molecule has 26 heavy (non-hydrogen) atoms. The molecule has 0 saturated heterocycles. The molecule has 0 aliphatic carbocycles. The van der Waals surface area contributed by atoms with Crippen LogP contribution in [0.1, 0.15) is 21.6 Å². The van der Waals surface area contributed by atoms with Crippen molar-refractivity contribution in [2.45, 2.75) is 12.6 Å². The minimum absolute atomic E-state index is 0.186. The molecular formula is C18H14F3N3OS. The zero-order valence-electron chi connectivity index (χ0n) is 13.5. The molecule has 3 aromatic rings. The number of carbonyl (C=O) groups is 1. The van der Waals surface area contributed by atoms with Crippen LogP contribution in [0.2, 0.25) is 0 Å². The molecule has 3 rings (SSSR count). The van der Waals surface area contributed by atoms with Crippen LogP contribution in [-0.2, 0) is 12.6 Å². The van der Waals surface area contributed by atoms with Gasteiger partial charge < -0.3 is 5.32 Å². The minimum Gasteiger partial charge on any atom is -0.352 e. The van der Waals surface area contributed by atoms with Crippen LogP contribution >= 0.6 is 11.3 Å². The summed E-state index contributed by atoms with van der Waals surface area (Å²) in [6.07, 6.45) is -2.19. The van der Waals surface area contributed by atoms with Crippen LogP contribution in [0.15, 0.2) is 54.0 Å². The summed E-state index contributed by atoms with van der Waals surface area (Å²) in [5.41, 5.74) is 1.02. The summed E-state index contributed by atoms with van der Waals surface area (Å²) in [5.74, 6) is -0.418. The molecule has 0 unspecified atom stereocenters. The maximum absolute atomic E-state index is 12.5. The molecule has 0 aliphatic rings. The largest absolute Gasteiger partial charge is 0.416 e. The van der Waals surface area contributed by atoms with E-state index in [9.17, 15) is 18.0 Å². The van der Waals surface area contributed by atoms with Crippen molar-refractivity contribution in [1.29, 1.82) is 0 Å². The summed E-state index contributed by atoms with van der Waals surface area (Å²) < 4.78 is 37.6. The first kappa shape index (κ1) is 18.1. The van der Waals surface area contributed by atoms with Gasteiger partial charge in [-0.2, -0.15) is 13.2 Å². The van der Waals surface area contributed by atoms with Crippen molar-refractivity contribution in [2.75, 3.05) is 6.54 Å². The molecule has 0 saturated carbocycles. The normalized spacial score (nSPS) is 11.3. The van der Waals surface area contributed by atoms with E-state index in [2.05, 4.69) is 15.3 Å². The second-order valence-electron chi connectivity index (χ2n) is 5.44. The number of hydrogen-bond donors (Lipinski definition) is 1. The number of halogens is 3. The zero-order chi connectivity index (χ0) is 18.6. The number of carbonyl (C=O) groups excluding carboxylic acids is 1. The summed E-state index contributed by atoms with van der Waals surface area (Å²) in [6, 6.07) is 9.71. The topological polar surface area (TPSA) is 54.9 Å². The number of alkyl halides is 3. The summed E-state index contributed by atoms with van der Waals surface area (Å²) in [7, 11) is 0. The molecule has 0 spiro atoms. The monoisotopic (exact) mass is 377 g/mol. The van der Waals surface area contributed by atoms with Gasteiger partial charge in [0.05, 0.1) is 17.0 Å². The third-order valence-corrected chi connectivity index (χ3v) is 4.49. The number of nitrogens with zero attached hydrogens (tertiary/aromatic N) is 2. The molecule has 8 heteroatoms. The second-order valence-corrected chi connectivity index (χ2v) is 6.30. The van der Waals surface area contributed by atoms with E-state index >= 15 is 0 Å². The second kappa shape index (κ2) is 7.65. The average Bonchev–Trinajstić information content (AvgIpc) is 3.11. The number of nitrogens with one attached hydrogen (secondary N) is 1. The predicted molar refractivity (Wildman–Crippen MR) is 92.8 cm³/mol. The summed E-state index contributed by atoms with van der Waals surface area (Å²) in [5, 5.41) is 5.38. The molecule has 0 bridgehead atoms. The van der Waals surface area contributed by atoms with Crippen molar-refractivity contribution in [3.8, 4) is 10.7 Å². The molecule has 134 valence electrons. The Kier molecular flexibility index (Phi) is 5.32. The van der Waals surface area contributed by atoms with Gasteiger partial charge in [0, 0.05) is 30.1 Å². The Morgan fingerprint density at radius 1 is 1.12 bits per heavy atom. The molecule has 0 radical (unpaired) electrons. The van der Waals surface area contributed by atoms with E-state index in [1.54, 1.807) is 6.20 Å². The number of benzene rings is 1. The molecule has 1 N–H and O–H groups in total. The van der Waals surface area contributed by atoms with Crippen molar-refractivity contribution in [2.24, 2.45) is 0 Å². The average molecular weight is 377 g/mol. The lowest BCUT2D eigenvalue weighted by atomic mass is 10.1. The lowest BCUT2D eigenvalue weighted by Crippen LogP contribution is -2.25. The van der Waals surface area contributed by atoms with Crippen LogP contribution in [0.4, 0.5) is 13.2 Å². The maximum Gasteiger partial charge on any atom is 0.416 e. The fourth-order valence-electron chi connectivity index (χ4n) is 2.25. The highest BCUT2D eigenvalue weighted by Crippen LogP contribution is 2.29. The van der Waals surface area contributed by atoms with Gasteiger partial charge in [-0.15, -0.1) is 11.3 Å². The highest BCUT2D eigenvalue weighted by molar-refractivity contribution is 7.13. The van der Waals surface area contributed by atoms with Crippen molar-refractivity contribution in [1.82, 2.24) is 15.3 Å². The van der Waals surface area contributed by atoms with Crippen molar-refractivity contribution in [3.05, 3.63) is 70.9 Å². The van der Waals surface area contributed by atoms with Gasteiger partial charge in [0.25, 0.3) is 5.91 Å². The lowest BCUT2D eigenvalue weighted by Gasteiger charge is -2.08. The van der Waals surface area contributed by atoms with Gasteiger partial charge in [-0.05, 0) is 36.4 Å². The van der Waals surface area contributed by atoms with Gasteiger partial charge in [0.15, 0.2) is 0 Å². The fourth-order valence-corrected chi connectivity index (χ4v) is 3.08. The Morgan fingerprint density at radius 2 is 1.88 bits per heavy atom. The molecule has 0 atom stereocenters. The first-order valence-corrected chi connectivity index (χ1v) is 8.63. The lowest BCUT2D eigenvalue weighted by molar-refractivity contribution is -0.137. The van der Waals surface area contributed by atoms with Crippen LogP contribution in [0, 0.1) is 0 Å². The Balaban J connectivity index is 1.53. The number of aromatic nitrogens is 2. The Bertz CT molecular complexity index is 877. The predicted octanol–water partition coefficient (Wildman–Crippen LogP) is 4.20. The van der Waals surface area contributed by atoms with E-state index in [1.165, 1.54) is 23.5 Å². The van der Waals surface area contributed by atoms with Gasteiger partial charge in [0.2, 0.25) is 0 Å². The molecule has 0 fully saturated rings. The number of pyridine rings is 1. The van der Waals surface area contributed by atoms with Crippen LogP contribution in [0.5, 0.6) is 0 Å². The molecular weight excluding hydrogens is 363 g/mol. The van der Waals surface area contributed by atoms with Crippen molar-refractivity contribution >= 4 is 17.2 Å². The van der Waals surface area contributed by atoms with E-state index in [4.69, 9.17) is 0 Å². The van der Waals surface area contributed by atoms with E-state index in [0.717, 1.165) is 28.5 Å². The highest BCUT2D eigenvalue weighted by Gasteiger charge is 2.30. The van der Waals surface area contributed by atoms with Crippen LogP contribution in [0.25, 0.3) is 10.7 Å². The molecule has 1 amide bonds. The standard InChI is InChI=1S/C18H14F3N3OS/c19-18(20,21)13-6-4-12(5-7-13)16(25)23-10-8-14-11-26-17(24-14)15-3-1-2-9-22-15/h1-7,9,11H,8,10H2,(H,23,25). The number of amides is 1. The van der Waals surface area contributed by atoms with Crippen molar-refractivity contribution in [3.63, 3.8) is 0 Å². The van der Waals surface area contributed by atoms with Gasteiger partial charge in [-0.3, -0.25) is 9.78 Å². The first-order chi connectivity index (χ1) is 12.4. The highest BCUT2D eigenvalue weighted by atomic mass is 32.1. The number of rotatable bonds is 5. The minimum atomic E-state index is -4.41. The maximum atomic E-state index is 12.5. The third-order valence-electron chi connectivity index (χ3n) is 3.58. The quantitative estimate of drug-likeness (QED) is 0.725. The smallest absolute Gasteiger partial charge is 0.352 e. The van der Waals surface area contributed by atoms with Crippen LogP contribution in [-0.4, -0.2) is 22.4 Å². The number of thiazole rings is 1. The van der Waals surface area contributed by atoms with Gasteiger partial charge >= 0.3 is 6.18 Å². The van der Waals surface area contributed by atoms with E-state index in [1.807, 2.05) is 23.6 Å². The Morgan fingerprint density at radius 3 is 2.54 bits per heavy atom. The van der Waals surface area contributed by atoms with E-state index < -0.39 is 17.6 Å². The molecule has 0 aliphatic heterocycles. The SMILES string of the molecule is O=C(NCCc1csc(-c2ccccn2)n1)c1ccc(C(F)(F)F)cc1. The van der Waals surface area contributed by atoms with E-state index in [0.29, 0.717) is 13.0 Å². The summed E-state index contributed by atoms with van der Waals surface area (Å²) >= 11 is 1.47. The Hall–Kier alpha value is -2.74. The molecule has 4 nitrogen and oxygen atoms in total. The van der Waals surface area contributed by atoms with Gasteiger partial charge in [-0.25, -0.2) is 4.98 Å². The first-order valence-electron chi connectivity index (χ1n) is 7.75. The van der Waals surface area contributed by atoms with Gasteiger partial charge in [0.1, 0.15) is 5.01 Å². The molecule has 2 heterocycles. The molecule has 1 aromatic carbocycles. The van der Waals surface area contributed by atoms with Crippen LogP contribution in [0.3, 0.4) is 0 Å². The zero-order valence-corrected chi connectivity index (χ0v) is 14.3. The fraction of sp³-hybridized carbons (Fsp3) is 0.167. The Labute approximate surface area is 151 Å².